The Hall–Kier alpha value is -1.93. The zero-order chi connectivity index (χ0) is 17.7. The average Bonchev–Trinajstić information content (AvgIpc) is 2.35. The van der Waals surface area contributed by atoms with Crippen molar-refractivity contribution < 1.29 is 18.0 Å². The second-order valence-corrected chi connectivity index (χ2v) is 7.83. The van der Waals surface area contributed by atoms with Crippen molar-refractivity contribution in [2.45, 2.75) is 44.0 Å². The highest BCUT2D eigenvalue weighted by molar-refractivity contribution is 7.89. The van der Waals surface area contributed by atoms with Crippen LogP contribution >= 0.6 is 0 Å². The number of nitrogens with two attached hydrogens (primary N) is 1. The minimum atomic E-state index is -3.70. The van der Waals surface area contributed by atoms with Crippen LogP contribution in [-0.4, -0.2) is 32.3 Å². The molecule has 0 aromatic heterocycles. The molecule has 0 aliphatic rings. The van der Waals surface area contributed by atoms with E-state index >= 15 is 0 Å². The van der Waals surface area contributed by atoms with Gasteiger partial charge in [-0.2, -0.15) is 0 Å². The fourth-order valence-electron chi connectivity index (χ4n) is 1.86. The number of rotatable bonds is 6. The van der Waals surface area contributed by atoms with Crippen LogP contribution in [0, 0.1) is 0 Å². The van der Waals surface area contributed by atoms with Gasteiger partial charge in [0.2, 0.25) is 21.8 Å². The van der Waals surface area contributed by atoms with E-state index in [1.54, 1.807) is 12.1 Å². The van der Waals surface area contributed by atoms with Gasteiger partial charge in [-0.05, 0) is 44.9 Å². The third-order valence-electron chi connectivity index (χ3n) is 2.82. The van der Waals surface area contributed by atoms with Crippen molar-refractivity contribution in [2.75, 3.05) is 6.54 Å². The molecule has 0 unspecified atom stereocenters. The zero-order valence-electron chi connectivity index (χ0n) is 13.5. The van der Waals surface area contributed by atoms with Crippen LogP contribution < -0.4 is 15.8 Å². The summed E-state index contributed by atoms with van der Waals surface area (Å²) in [7, 11) is -3.70. The first kappa shape index (κ1) is 19.1. The predicted molar refractivity (Wildman–Crippen MR) is 87.0 cm³/mol. The molecule has 1 aromatic carbocycles. The largest absolute Gasteiger partial charge is 0.355 e. The van der Waals surface area contributed by atoms with Gasteiger partial charge in [-0.25, -0.2) is 13.6 Å². The molecule has 0 saturated carbocycles. The smallest absolute Gasteiger partial charge is 0.238 e. The second-order valence-electron chi connectivity index (χ2n) is 6.26. The SMILES string of the molecule is CC(C)(C)NC(=O)CC(=O)NCCc1ccc(S(N)(=O)=O)cc1. The van der Waals surface area contributed by atoms with Gasteiger partial charge in [-0.15, -0.1) is 0 Å². The minimum Gasteiger partial charge on any atom is -0.355 e. The number of sulfonamides is 1. The van der Waals surface area contributed by atoms with Crippen LogP contribution in [0.2, 0.25) is 0 Å². The summed E-state index contributed by atoms with van der Waals surface area (Å²) in [6.07, 6.45) is 0.305. The number of benzene rings is 1. The molecule has 7 nitrogen and oxygen atoms in total. The maximum absolute atomic E-state index is 11.6. The number of hydrogen-bond acceptors (Lipinski definition) is 4. The Kier molecular flexibility index (Phi) is 6.28. The number of hydrogen-bond donors (Lipinski definition) is 3. The molecule has 0 aliphatic heterocycles. The Balaban J connectivity index is 2.39. The molecule has 1 rings (SSSR count). The Bertz CT molecular complexity index is 661. The number of primary sulfonamides is 1. The van der Waals surface area contributed by atoms with E-state index in [2.05, 4.69) is 10.6 Å². The predicted octanol–water partition coefficient (Wildman–Crippen LogP) is 0.298. The van der Waals surface area contributed by atoms with Crippen molar-refractivity contribution >= 4 is 21.8 Å². The first-order valence-corrected chi connectivity index (χ1v) is 8.71. The van der Waals surface area contributed by atoms with E-state index in [1.807, 2.05) is 20.8 Å². The van der Waals surface area contributed by atoms with Crippen molar-refractivity contribution in [2.24, 2.45) is 5.14 Å². The lowest BCUT2D eigenvalue weighted by atomic mass is 10.1. The van der Waals surface area contributed by atoms with Crippen LogP contribution in [0.15, 0.2) is 29.2 Å². The lowest BCUT2D eigenvalue weighted by Crippen LogP contribution is -2.42. The Morgan fingerprint density at radius 1 is 1.09 bits per heavy atom. The molecule has 0 atom stereocenters. The summed E-state index contributed by atoms with van der Waals surface area (Å²) < 4.78 is 22.3. The lowest BCUT2D eigenvalue weighted by molar-refractivity contribution is -0.130. The molecule has 0 saturated heterocycles. The molecular formula is C15H23N3O4S. The third-order valence-corrected chi connectivity index (χ3v) is 3.75. The van der Waals surface area contributed by atoms with Gasteiger partial charge in [0.25, 0.3) is 0 Å². The van der Waals surface area contributed by atoms with Gasteiger partial charge in [0, 0.05) is 12.1 Å². The van der Waals surface area contributed by atoms with Gasteiger partial charge >= 0.3 is 0 Å². The first-order chi connectivity index (χ1) is 10.5. The zero-order valence-corrected chi connectivity index (χ0v) is 14.4. The van der Waals surface area contributed by atoms with Gasteiger partial charge in [0.05, 0.1) is 4.90 Å². The highest BCUT2D eigenvalue weighted by Crippen LogP contribution is 2.08. The van der Waals surface area contributed by atoms with Gasteiger partial charge in [0.1, 0.15) is 6.42 Å². The van der Waals surface area contributed by atoms with E-state index in [0.717, 1.165) is 5.56 Å². The normalized spacial score (nSPS) is 11.8. The van der Waals surface area contributed by atoms with Crippen molar-refractivity contribution in [3.8, 4) is 0 Å². The van der Waals surface area contributed by atoms with Crippen LogP contribution in [0.1, 0.15) is 32.8 Å². The van der Waals surface area contributed by atoms with E-state index in [1.165, 1.54) is 12.1 Å². The molecule has 0 heterocycles. The van der Waals surface area contributed by atoms with E-state index < -0.39 is 10.0 Å². The standard InChI is InChI=1S/C15H23N3O4S/c1-15(2,3)18-14(20)10-13(19)17-9-8-11-4-6-12(7-5-11)23(16,21)22/h4-7H,8-10H2,1-3H3,(H,17,19)(H,18,20)(H2,16,21,22). The van der Waals surface area contributed by atoms with Crippen LogP contribution in [-0.2, 0) is 26.0 Å². The summed E-state index contributed by atoms with van der Waals surface area (Å²) in [5.41, 5.74) is 0.486. The van der Waals surface area contributed by atoms with E-state index in [4.69, 9.17) is 5.14 Å². The van der Waals surface area contributed by atoms with Crippen LogP contribution in [0.5, 0.6) is 0 Å². The molecule has 4 N–H and O–H groups in total. The molecule has 0 aliphatic carbocycles. The van der Waals surface area contributed by atoms with Crippen molar-refractivity contribution in [3.63, 3.8) is 0 Å². The Morgan fingerprint density at radius 3 is 2.13 bits per heavy atom. The molecule has 128 valence electrons. The van der Waals surface area contributed by atoms with E-state index in [9.17, 15) is 18.0 Å². The summed E-state index contributed by atoms with van der Waals surface area (Å²) in [6.45, 7) is 5.88. The van der Waals surface area contributed by atoms with Crippen LogP contribution in [0.4, 0.5) is 0 Å². The summed E-state index contributed by atoms with van der Waals surface area (Å²) in [4.78, 5) is 23.3. The monoisotopic (exact) mass is 341 g/mol. The van der Waals surface area contributed by atoms with E-state index in [-0.39, 0.29) is 28.7 Å². The van der Waals surface area contributed by atoms with Crippen molar-refractivity contribution in [1.29, 1.82) is 0 Å². The fraction of sp³-hybridized carbons (Fsp3) is 0.467. The van der Waals surface area contributed by atoms with Gasteiger partial charge in [-0.1, -0.05) is 12.1 Å². The molecule has 8 heteroatoms. The molecule has 0 radical (unpaired) electrons. The molecule has 23 heavy (non-hydrogen) atoms. The van der Waals surface area contributed by atoms with Gasteiger partial charge in [-0.3, -0.25) is 9.59 Å². The highest BCUT2D eigenvalue weighted by Gasteiger charge is 2.16. The topological polar surface area (TPSA) is 118 Å². The van der Waals surface area contributed by atoms with Crippen molar-refractivity contribution in [1.82, 2.24) is 10.6 Å². The van der Waals surface area contributed by atoms with Crippen molar-refractivity contribution in [3.05, 3.63) is 29.8 Å². The summed E-state index contributed by atoms with van der Waals surface area (Å²) in [6, 6.07) is 6.11. The van der Waals surface area contributed by atoms with Crippen LogP contribution in [0.3, 0.4) is 0 Å². The summed E-state index contributed by atoms with van der Waals surface area (Å²) >= 11 is 0. The third kappa shape index (κ3) is 7.75. The quantitative estimate of drug-likeness (QED) is 0.645. The Morgan fingerprint density at radius 2 is 1.65 bits per heavy atom. The molecular weight excluding hydrogens is 318 g/mol. The number of carbonyl (C=O) groups excluding carboxylic acids is 2. The van der Waals surface area contributed by atoms with E-state index in [0.29, 0.717) is 13.0 Å². The highest BCUT2D eigenvalue weighted by atomic mass is 32.2. The Labute approximate surface area is 136 Å². The molecule has 0 fully saturated rings. The molecule has 0 bridgehead atoms. The number of nitrogens with one attached hydrogen (secondary N) is 2. The fourth-order valence-corrected chi connectivity index (χ4v) is 2.38. The minimum absolute atomic E-state index is 0.0455. The lowest BCUT2D eigenvalue weighted by Gasteiger charge is -2.20. The number of carbonyl (C=O) groups is 2. The van der Waals surface area contributed by atoms with Crippen LogP contribution in [0.25, 0.3) is 0 Å². The molecule has 1 aromatic rings. The number of amides is 2. The summed E-state index contributed by atoms with van der Waals surface area (Å²) in [5.74, 6) is -0.680. The molecule has 0 spiro atoms. The average molecular weight is 341 g/mol. The first-order valence-electron chi connectivity index (χ1n) is 7.17. The maximum atomic E-state index is 11.6. The van der Waals surface area contributed by atoms with Gasteiger partial charge < -0.3 is 10.6 Å². The summed E-state index contributed by atoms with van der Waals surface area (Å²) in [5, 5.41) is 10.4. The second kappa shape index (κ2) is 7.56. The maximum Gasteiger partial charge on any atom is 0.238 e. The van der Waals surface area contributed by atoms with Gasteiger partial charge in [0.15, 0.2) is 0 Å². The molecule has 2 amide bonds.